The zero-order chi connectivity index (χ0) is 10.2. The zero-order valence-corrected chi connectivity index (χ0v) is 6.54. The molecule has 2 atom stereocenters. The maximum atomic E-state index is 12.6. The van der Waals surface area contributed by atoms with E-state index in [0.29, 0.717) is 0 Å². The smallest absolute Gasteiger partial charge is 0.313 e. The molecule has 0 aliphatic heterocycles. The highest BCUT2D eigenvalue weighted by molar-refractivity contribution is 5.76. The van der Waals surface area contributed by atoms with Crippen LogP contribution in [0.25, 0.3) is 0 Å². The van der Waals surface area contributed by atoms with Gasteiger partial charge in [-0.25, -0.2) is 8.78 Å². The van der Waals surface area contributed by atoms with Gasteiger partial charge in [-0.15, -0.1) is 0 Å². The molecule has 0 aromatic heterocycles. The van der Waals surface area contributed by atoms with E-state index in [2.05, 4.69) is 0 Å². The van der Waals surface area contributed by atoms with Crippen LogP contribution in [0.2, 0.25) is 0 Å². The van der Waals surface area contributed by atoms with Crippen LogP contribution in [0.4, 0.5) is 8.78 Å². The molecule has 0 amide bonds. The minimum absolute atomic E-state index is 0.278. The minimum atomic E-state index is -3.22. The number of rotatable bonds is 4. The topological polar surface area (TPSA) is 74.6 Å². The van der Waals surface area contributed by atoms with Crippen molar-refractivity contribution >= 4 is 11.9 Å². The van der Waals surface area contributed by atoms with Crippen LogP contribution in [0, 0.1) is 11.8 Å². The van der Waals surface area contributed by atoms with E-state index in [9.17, 15) is 18.4 Å². The van der Waals surface area contributed by atoms with Crippen molar-refractivity contribution in [1.29, 1.82) is 0 Å². The summed E-state index contributed by atoms with van der Waals surface area (Å²) in [5.41, 5.74) is 0. The van der Waals surface area contributed by atoms with Gasteiger partial charge >= 0.3 is 11.9 Å². The molecule has 0 saturated heterocycles. The summed E-state index contributed by atoms with van der Waals surface area (Å²) in [7, 11) is 0. The van der Waals surface area contributed by atoms with Crippen LogP contribution in [-0.2, 0) is 9.59 Å². The van der Waals surface area contributed by atoms with E-state index < -0.39 is 36.1 Å². The van der Waals surface area contributed by atoms with Crippen LogP contribution >= 0.6 is 0 Å². The molecule has 4 nitrogen and oxygen atoms in total. The molecular formula is C7H8F2O4. The highest BCUT2D eigenvalue weighted by Crippen LogP contribution is 2.57. The van der Waals surface area contributed by atoms with Gasteiger partial charge in [-0.2, -0.15) is 0 Å². The Kier molecular flexibility index (Phi) is 2.23. The van der Waals surface area contributed by atoms with Crippen LogP contribution in [0.1, 0.15) is 12.8 Å². The fraction of sp³-hybridized carbons (Fsp3) is 0.714. The average molecular weight is 194 g/mol. The largest absolute Gasteiger partial charge is 0.481 e. The van der Waals surface area contributed by atoms with Crippen molar-refractivity contribution in [1.82, 2.24) is 0 Å². The quantitative estimate of drug-likeness (QED) is 0.694. The number of carbonyl (C=O) groups is 2. The zero-order valence-electron chi connectivity index (χ0n) is 6.54. The number of hydrogen-bond donors (Lipinski definition) is 2. The number of carboxylic acids is 2. The summed E-state index contributed by atoms with van der Waals surface area (Å²) >= 11 is 0. The van der Waals surface area contributed by atoms with Gasteiger partial charge in [0.25, 0.3) is 5.92 Å². The number of halogens is 2. The van der Waals surface area contributed by atoms with Gasteiger partial charge in [-0.3, -0.25) is 9.59 Å². The normalized spacial score (nSPS) is 29.7. The third kappa shape index (κ3) is 1.76. The Labute approximate surface area is 72.2 Å². The molecule has 0 radical (unpaired) electrons. The average Bonchev–Trinajstić information content (AvgIpc) is 2.48. The predicted molar refractivity (Wildman–Crippen MR) is 36.4 cm³/mol. The van der Waals surface area contributed by atoms with Crippen molar-refractivity contribution in [3.63, 3.8) is 0 Å². The van der Waals surface area contributed by atoms with E-state index in [4.69, 9.17) is 10.2 Å². The minimum Gasteiger partial charge on any atom is -0.481 e. The van der Waals surface area contributed by atoms with Crippen molar-refractivity contribution in [2.45, 2.75) is 18.8 Å². The predicted octanol–water partition coefficient (Wildman–Crippen LogP) is 0.817. The second-order valence-corrected chi connectivity index (χ2v) is 3.03. The van der Waals surface area contributed by atoms with Gasteiger partial charge in [0.2, 0.25) is 0 Å². The van der Waals surface area contributed by atoms with Crippen LogP contribution in [-0.4, -0.2) is 28.1 Å². The Hall–Kier alpha value is -1.20. The molecular weight excluding hydrogens is 186 g/mol. The van der Waals surface area contributed by atoms with Crippen molar-refractivity contribution in [2.24, 2.45) is 11.8 Å². The van der Waals surface area contributed by atoms with Crippen LogP contribution in [0.3, 0.4) is 0 Å². The Balaban J connectivity index is 2.46. The summed E-state index contributed by atoms with van der Waals surface area (Å²) in [6.45, 7) is 0. The van der Waals surface area contributed by atoms with Crippen LogP contribution in [0.5, 0.6) is 0 Å². The van der Waals surface area contributed by atoms with Gasteiger partial charge in [0.1, 0.15) is 5.92 Å². The van der Waals surface area contributed by atoms with Gasteiger partial charge in [-0.1, -0.05) is 0 Å². The SMILES string of the molecule is O=C(O)CC[C@@H]1[C@H](C(=O)O)C1(F)F. The molecule has 0 aromatic carbocycles. The molecule has 0 bridgehead atoms. The molecule has 0 spiro atoms. The molecule has 1 fully saturated rings. The first-order chi connectivity index (χ1) is 5.87. The van der Waals surface area contributed by atoms with E-state index in [0.717, 1.165) is 0 Å². The van der Waals surface area contributed by atoms with Gasteiger partial charge in [-0.05, 0) is 6.42 Å². The number of hydrogen-bond acceptors (Lipinski definition) is 2. The third-order valence-electron chi connectivity index (χ3n) is 2.14. The molecule has 2 N–H and O–H groups in total. The summed E-state index contributed by atoms with van der Waals surface area (Å²) in [5.74, 6) is -8.96. The fourth-order valence-corrected chi connectivity index (χ4v) is 1.36. The third-order valence-corrected chi connectivity index (χ3v) is 2.14. The maximum absolute atomic E-state index is 12.6. The second kappa shape index (κ2) is 2.93. The summed E-state index contributed by atoms with van der Waals surface area (Å²) in [5, 5.41) is 16.5. The number of aliphatic carboxylic acids is 2. The second-order valence-electron chi connectivity index (χ2n) is 3.03. The highest BCUT2D eigenvalue weighted by atomic mass is 19.3. The first-order valence-corrected chi connectivity index (χ1v) is 3.69. The molecule has 0 aromatic rings. The van der Waals surface area contributed by atoms with Gasteiger partial charge in [0.15, 0.2) is 0 Å². The van der Waals surface area contributed by atoms with Crippen LogP contribution in [0.15, 0.2) is 0 Å². The van der Waals surface area contributed by atoms with Crippen molar-refractivity contribution < 1.29 is 28.6 Å². The van der Waals surface area contributed by atoms with Crippen molar-refractivity contribution in [3.05, 3.63) is 0 Å². The van der Waals surface area contributed by atoms with E-state index >= 15 is 0 Å². The molecule has 1 rings (SSSR count). The Morgan fingerprint density at radius 2 is 1.85 bits per heavy atom. The monoisotopic (exact) mass is 194 g/mol. The van der Waals surface area contributed by atoms with Crippen LogP contribution < -0.4 is 0 Å². The van der Waals surface area contributed by atoms with Crippen molar-refractivity contribution in [3.8, 4) is 0 Å². The molecule has 1 aliphatic rings. The standard InChI is InChI=1S/C7H8F2O4/c8-7(9)3(1-2-4(10)11)5(7)6(12)13/h3,5H,1-2H2,(H,10,11)(H,12,13)/t3-,5-/m1/s1. The fourth-order valence-electron chi connectivity index (χ4n) is 1.36. The molecule has 1 saturated carbocycles. The van der Waals surface area contributed by atoms with E-state index in [-0.39, 0.29) is 6.42 Å². The van der Waals surface area contributed by atoms with Gasteiger partial charge in [0.05, 0.1) is 0 Å². The molecule has 0 unspecified atom stereocenters. The van der Waals surface area contributed by atoms with Crippen molar-refractivity contribution in [2.75, 3.05) is 0 Å². The van der Waals surface area contributed by atoms with E-state index in [1.165, 1.54) is 0 Å². The lowest BCUT2D eigenvalue weighted by molar-refractivity contribution is -0.141. The lowest BCUT2D eigenvalue weighted by atomic mass is 10.2. The number of alkyl halides is 2. The summed E-state index contributed by atoms with van der Waals surface area (Å²) in [6, 6.07) is 0. The summed E-state index contributed by atoms with van der Waals surface area (Å²) in [6.07, 6.45) is -0.691. The Bertz CT molecular complexity index is 251. The molecule has 6 heteroatoms. The molecule has 1 aliphatic carbocycles. The first kappa shape index (κ1) is 9.88. The van der Waals surface area contributed by atoms with E-state index in [1.54, 1.807) is 0 Å². The lowest BCUT2D eigenvalue weighted by Crippen LogP contribution is -2.04. The Morgan fingerprint density at radius 3 is 2.15 bits per heavy atom. The van der Waals surface area contributed by atoms with Gasteiger partial charge in [0, 0.05) is 12.3 Å². The lowest BCUT2D eigenvalue weighted by Gasteiger charge is -1.92. The van der Waals surface area contributed by atoms with Gasteiger partial charge < -0.3 is 10.2 Å². The number of carboxylic acid groups (broad SMARTS) is 2. The summed E-state index contributed by atoms with van der Waals surface area (Å²) in [4.78, 5) is 20.2. The highest BCUT2D eigenvalue weighted by Gasteiger charge is 2.71. The Morgan fingerprint density at radius 1 is 1.31 bits per heavy atom. The first-order valence-electron chi connectivity index (χ1n) is 3.69. The molecule has 74 valence electrons. The summed E-state index contributed by atoms with van der Waals surface area (Å²) < 4.78 is 25.2. The van der Waals surface area contributed by atoms with E-state index in [1.807, 2.05) is 0 Å². The molecule has 13 heavy (non-hydrogen) atoms. The maximum Gasteiger partial charge on any atom is 0.313 e. The molecule has 0 heterocycles.